The molecule has 0 unspecified atom stereocenters. The number of nitrogens with zero attached hydrogens (tertiary/aromatic N) is 2. The van der Waals surface area contributed by atoms with E-state index >= 15 is 0 Å². The number of phenols is 1. The molecule has 0 saturated carbocycles. The molecule has 2 aliphatic heterocycles. The summed E-state index contributed by atoms with van der Waals surface area (Å²) in [5.41, 5.74) is 5.05. The lowest BCUT2D eigenvalue weighted by atomic mass is 9.98. The summed E-state index contributed by atoms with van der Waals surface area (Å²) in [4.78, 5) is 7.26. The lowest BCUT2D eigenvalue weighted by Gasteiger charge is -2.27. The number of rotatable bonds is 5. The zero-order chi connectivity index (χ0) is 20.8. The van der Waals surface area contributed by atoms with E-state index in [1.807, 2.05) is 24.1 Å². The summed E-state index contributed by atoms with van der Waals surface area (Å²) in [6.45, 7) is 4.25. The maximum atomic E-state index is 9.86. The molecular formula is C26H25N3OS. The molecule has 1 aromatic heterocycles. The molecule has 0 bridgehead atoms. The van der Waals surface area contributed by atoms with Gasteiger partial charge in [0.05, 0.1) is 5.69 Å². The van der Waals surface area contributed by atoms with E-state index in [0.717, 1.165) is 49.9 Å². The Morgan fingerprint density at radius 2 is 1.94 bits per heavy atom. The number of aromatic amines is 1. The molecule has 6 rings (SSSR count). The van der Waals surface area contributed by atoms with Crippen LogP contribution in [0, 0.1) is 0 Å². The minimum atomic E-state index is 0.323. The first kappa shape index (κ1) is 18.8. The zero-order valence-electron chi connectivity index (χ0n) is 17.3. The topological polar surface area (TPSA) is 42.5 Å². The van der Waals surface area contributed by atoms with Crippen LogP contribution in [0.4, 0.5) is 5.69 Å². The van der Waals surface area contributed by atoms with Crippen LogP contribution >= 0.6 is 11.9 Å². The summed E-state index contributed by atoms with van der Waals surface area (Å²) < 4.78 is 2.46. The summed E-state index contributed by atoms with van der Waals surface area (Å²) >= 11 is 1.88. The zero-order valence-corrected chi connectivity index (χ0v) is 18.2. The van der Waals surface area contributed by atoms with Gasteiger partial charge in [0.15, 0.2) is 0 Å². The van der Waals surface area contributed by atoms with Crippen LogP contribution in [-0.2, 0) is 0 Å². The van der Waals surface area contributed by atoms with Crippen molar-refractivity contribution in [2.75, 3.05) is 30.5 Å². The van der Waals surface area contributed by atoms with Gasteiger partial charge in [0.1, 0.15) is 5.75 Å². The minimum Gasteiger partial charge on any atom is -0.508 e. The van der Waals surface area contributed by atoms with Crippen molar-refractivity contribution in [2.24, 2.45) is 0 Å². The predicted octanol–water partition coefficient (Wildman–Crippen LogP) is 6.03. The van der Waals surface area contributed by atoms with Crippen LogP contribution in [-0.4, -0.2) is 41.2 Å². The normalized spacial score (nSPS) is 16.4. The fourth-order valence-corrected chi connectivity index (χ4v) is 6.04. The molecule has 0 spiro atoms. The maximum Gasteiger partial charge on any atom is 0.116 e. The summed E-state index contributed by atoms with van der Waals surface area (Å²) in [5.74, 6) is 0.323. The molecule has 4 aromatic rings. The minimum absolute atomic E-state index is 0.323. The number of anilines is 1. The second-order valence-electron chi connectivity index (χ2n) is 8.39. The Balaban J connectivity index is 1.09. The van der Waals surface area contributed by atoms with E-state index in [2.05, 4.69) is 62.9 Å². The Labute approximate surface area is 186 Å². The number of hydrogen-bond donors (Lipinski definition) is 2. The van der Waals surface area contributed by atoms with Gasteiger partial charge >= 0.3 is 0 Å². The van der Waals surface area contributed by atoms with Gasteiger partial charge in [0.25, 0.3) is 0 Å². The quantitative estimate of drug-likeness (QED) is 0.382. The van der Waals surface area contributed by atoms with Gasteiger partial charge in [-0.2, -0.15) is 0 Å². The Morgan fingerprint density at radius 3 is 2.81 bits per heavy atom. The van der Waals surface area contributed by atoms with Crippen molar-refractivity contribution in [3.63, 3.8) is 0 Å². The fraction of sp³-hybridized carbons (Fsp3) is 0.231. The average molecular weight is 428 g/mol. The largest absolute Gasteiger partial charge is 0.508 e. The molecule has 0 aliphatic carbocycles. The van der Waals surface area contributed by atoms with E-state index in [0.29, 0.717) is 5.75 Å². The highest BCUT2D eigenvalue weighted by Crippen LogP contribution is 2.45. The molecule has 0 saturated heterocycles. The van der Waals surface area contributed by atoms with Crippen LogP contribution in [0.3, 0.4) is 0 Å². The molecule has 0 fully saturated rings. The molecule has 4 nitrogen and oxygen atoms in total. The summed E-state index contributed by atoms with van der Waals surface area (Å²) in [6, 6.07) is 18.8. The summed E-state index contributed by atoms with van der Waals surface area (Å²) in [7, 11) is 0. The monoisotopic (exact) mass is 427 g/mol. The van der Waals surface area contributed by atoms with Crippen molar-refractivity contribution >= 4 is 44.9 Å². The highest BCUT2D eigenvalue weighted by molar-refractivity contribution is 8.01. The molecule has 0 radical (unpaired) electrons. The lowest BCUT2D eigenvalue weighted by molar-refractivity contribution is 0.300. The first-order valence-electron chi connectivity index (χ1n) is 11.0. The molecule has 0 atom stereocenters. The number of fused-ring (bicyclic) bond motifs is 1. The van der Waals surface area contributed by atoms with Gasteiger partial charge in [-0.1, -0.05) is 30.3 Å². The lowest BCUT2D eigenvalue weighted by Crippen LogP contribution is -2.31. The highest BCUT2D eigenvalue weighted by atomic mass is 32.2. The van der Waals surface area contributed by atoms with Crippen LogP contribution in [0.2, 0.25) is 0 Å². The van der Waals surface area contributed by atoms with E-state index in [-0.39, 0.29) is 0 Å². The smallest absolute Gasteiger partial charge is 0.116 e. The molecule has 3 heterocycles. The van der Waals surface area contributed by atoms with Crippen molar-refractivity contribution in [1.82, 2.24) is 9.88 Å². The maximum absolute atomic E-state index is 9.86. The third-order valence-corrected chi connectivity index (χ3v) is 7.60. The predicted molar refractivity (Wildman–Crippen MR) is 131 cm³/mol. The van der Waals surface area contributed by atoms with Crippen LogP contribution in [0.1, 0.15) is 18.4 Å². The van der Waals surface area contributed by atoms with E-state index in [1.54, 1.807) is 6.07 Å². The van der Waals surface area contributed by atoms with Crippen LogP contribution in [0.15, 0.2) is 71.8 Å². The van der Waals surface area contributed by atoms with Gasteiger partial charge in [-0.25, -0.2) is 0 Å². The first-order chi connectivity index (χ1) is 15.3. The number of hydrogen-bond acceptors (Lipinski definition) is 4. The van der Waals surface area contributed by atoms with E-state index in [1.165, 1.54) is 32.5 Å². The molecule has 3 aromatic carbocycles. The van der Waals surface area contributed by atoms with Gasteiger partial charge < -0.3 is 14.4 Å². The molecule has 31 heavy (non-hydrogen) atoms. The second kappa shape index (κ2) is 7.66. The van der Waals surface area contributed by atoms with Crippen LogP contribution < -0.4 is 4.31 Å². The van der Waals surface area contributed by atoms with Crippen molar-refractivity contribution in [1.29, 1.82) is 0 Å². The van der Waals surface area contributed by atoms with Crippen molar-refractivity contribution < 1.29 is 5.11 Å². The van der Waals surface area contributed by atoms with E-state index in [9.17, 15) is 5.11 Å². The Kier molecular flexibility index (Phi) is 4.66. The average Bonchev–Trinajstić information content (AvgIpc) is 3.37. The van der Waals surface area contributed by atoms with Crippen LogP contribution in [0.5, 0.6) is 5.75 Å². The van der Waals surface area contributed by atoms with Gasteiger partial charge in [-0.3, -0.25) is 4.90 Å². The van der Waals surface area contributed by atoms with Gasteiger partial charge in [0.2, 0.25) is 0 Å². The van der Waals surface area contributed by atoms with Crippen molar-refractivity contribution in [2.45, 2.75) is 17.7 Å². The second-order valence-corrected chi connectivity index (χ2v) is 9.45. The Morgan fingerprint density at radius 1 is 1.03 bits per heavy atom. The third-order valence-electron chi connectivity index (χ3n) is 6.46. The standard InChI is InChI=1S/C26H25N3OS/c30-20-8-9-23-21(16-20)22(17-27-23)18-10-14-28(15-11-18)12-3-13-29-24-6-1-4-19-5-2-7-25(31-29)26(19)24/h1-2,4-10,16-17,27,30H,3,11-15H2. The third kappa shape index (κ3) is 3.38. The van der Waals surface area contributed by atoms with Crippen LogP contribution in [0.25, 0.3) is 27.2 Å². The molecular weight excluding hydrogens is 402 g/mol. The van der Waals surface area contributed by atoms with Gasteiger partial charge in [-0.05, 0) is 66.1 Å². The number of benzene rings is 3. The molecule has 5 heteroatoms. The van der Waals surface area contributed by atoms with E-state index < -0.39 is 0 Å². The molecule has 0 amide bonds. The fourth-order valence-electron chi connectivity index (χ4n) is 4.88. The number of H-pyrrole nitrogens is 1. The summed E-state index contributed by atoms with van der Waals surface area (Å²) in [5, 5.41) is 13.7. The van der Waals surface area contributed by atoms with Gasteiger partial charge in [0, 0.05) is 59.1 Å². The number of aromatic nitrogens is 1. The Bertz CT molecular complexity index is 1300. The van der Waals surface area contributed by atoms with E-state index in [4.69, 9.17) is 0 Å². The SMILES string of the molecule is Oc1ccc2[nH]cc(C3=CCN(CCCN4Sc5cccc6cccc4c56)CC3)c2c1. The molecule has 2 N–H and O–H groups in total. The number of phenolic OH excluding ortho intramolecular Hbond substituents is 1. The van der Waals surface area contributed by atoms with Crippen molar-refractivity contribution in [3.05, 3.63) is 72.4 Å². The van der Waals surface area contributed by atoms with Crippen molar-refractivity contribution in [3.8, 4) is 5.75 Å². The number of nitrogens with one attached hydrogen (secondary N) is 1. The Hall–Kier alpha value is -2.89. The first-order valence-corrected chi connectivity index (χ1v) is 11.7. The molecule has 156 valence electrons. The highest BCUT2D eigenvalue weighted by Gasteiger charge is 2.22. The van der Waals surface area contributed by atoms with Gasteiger partial charge in [-0.15, -0.1) is 0 Å². The summed E-state index contributed by atoms with van der Waals surface area (Å²) in [6.07, 6.45) is 6.64. The molecule has 2 aliphatic rings. The number of aromatic hydroxyl groups is 1.